The molecule has 0 spiro atoms. The largest absolute Gasteiger partial charge is 0.444 e. The van der Waals surface area contributed by atoms with Crippen LogP contribution in [0.5, 0.6) is 0 Å². The fraction of sp³-hybridized carbons (Fsp3) is 0.469. The number of amides is 3. The Kier molecular flexibility index (Phi) is 12.2. The van der Waals surface area contributed by atoms with E-state index in [1.165, 1.54) is 0 Å². The van der Waals surface area contributed by atoms with Crippen molar-refractivity contribution in [2.75, 3.05) is 6.54 Å². The lowest BCUT2D eigenvalue weighted by atomic mass is 9.95. The molecule has 0 bridgehead atoms. The summed E-state index contributed by atoms with van der Waals surface area (Å²) in [7, 11) is 0. The summed E-state index contributed by atoms with van der Waals surface area (Å²) in [5.41, 5.74) is 1.78. The summed E-state index contributed by atoms with van der Waals surface area (Å²) in [6.07, 6.45) is 3.25. The summed E-state index contributed by atoms with van der Waals surface area (Å²) in [6.45, 7) is 15.8. The van der Waals surface area contributed by atoms with Gasteiger partial charge in [-0.15, -0.1) is 0 Å². The molecule has 2 aromatic rings. The number of nitrogens with one attached hydrogen (secondary N) is 2. The minimum absolute atomic E-state index is 0.179. The first kappa shape index (κ1) is 31.6. The number of carbonyl (C=O) groups is 3. The highest BCUT2D eigenvalue weighted by atomic mass is 16.6. The number of nitrogens with zero attached hydrogens (tertiary/aromatic N) is 1. The molecule has 0 saturated heterocycles. The SMILES string of the molecule is C=Cc1cccc(C(C(=O)NCc2ccccc2)N(CCCC)C(=O)C(NC(=O)OC(C)(C)C)C(C)CC)c1. The molecular weight excluding hydrogens is 490 g/mol. The van der Waals surface area contributed by atoms with E-state index < -0.39 is 23.8 Å². The summed E-state index contributed by atoms with van der Waals surface area (Å²) in [5, 5.41) is 5.84. The molecule has 0 heterocycles. The van der Waals surface area contributed by atoms with Crippen molar-refractivity contribution in [2.24, 2.45) is 5.92 Å². The van der Waals surface area contributed by atoms with Crippen molar-refractivity contribution in [1.82, 2.24) is 15.5 Å². The minimum Gasteiger partial charge on any atom is -0.444 e. The van der Waals surface area contributed by atoms with Crippen LogP contribution in [0.2, 0.25) is 0 Å². The Labute approximate surface area is 234 Å². The van der Waals surface area contributed by atoms with Gasteiger partial charge in [0.05, 0.1) is 0 Å². The van der Waals surface area contributed by atoms with Crippen molar-refractivity contribution in [3.05, 3.63) is 77.9 Å². The number of carbonyl (C=O) groups excluding carboxylic acids is 3. The van der Waals surface area contributed by atoms with E-state index in [2.05, 4.69) is 17.2 Å². The molecule has 0 radical (unpaired) electrons. The van der Waals surface area contributed by atoms with Crippen LogP contribution >= 0.6 is 0 Å². The van der Waals surface area contributed by atoms with Crippen molar-refractivity contribution < 1.29 is 19.1 Å². The average Bonchev–Trinajstić information content (AvgIpc) is 2.91. The van der Waals surface area contributed by atoms with Crippen molar-refractivity contribution in [1.29, 1.82) is 0 Å². The van der Waals surface area contributed by atoms with Gasteiger partial charge in [-0.2, -0.15) is 0 Å². The zero-order chi connectivity index (χ0) is 29.0. The Morgan fingerprint density at radius 3 is 2.33 bits per heavy atom. The molecule has 0 aromatic heterocycles. The van der Waals surface area contributed by atoms with Crippen LogP contribution in [0.15, 0.2) is 61.2 Å². The highest BCUT2D eigenvalue weighted by Crippen LogP contribution is 2.26. The van der Waals surface area contributed by atoms with E-state index in [9.17, 15) is 14.4 Å². The van der Waals surface area contributed by atoms with E-state index in [0.717, 1.165) is 17.5 Å². The van der Waals surface area contributed by atoms with E-state index >= 15 is 0 Å². The van der Waals surface area contributed by atoms with Gasteiger partial charge in [0.1, 0.15) is 17.7 Å². The van der Waals surface area contributed by atoms with Gasteiger partial charge in [0, 0.05) is 13.1 Å². The van der Waals surface area contributed by atoms with Gasteiger partial charge < -0.3 is 20.3 Å². The molecule has 2 N–H and O–H groups in total. The molecule has 0 saturated carbocycles. The Morgan fingerprint density at radius 2 is 1.74 bits per heavy atom. The highest BCUT2D eigenvalue weighted by molar-refractivity contribution is 5.92. The second-order valence-corrected chi connectivity index (χ2v) is 10.9. The zero-order valence-corrected chi connectivity index (χ0v) is 24.3. The Bertz CT molecular complexity index is 1090. The van der Waals surface area contributed by atoms with Crippen LogP contribution in [0.4, 0.5) is 4.79 Å². The molecular formula is C32H45N3O4. The summed E-state index contributed by atoms with van der Waals surface area (Å²) < 4.78 is 5.47. The monoisotopic (exact) mass is 535 g/mol. The summed E-state index contributed by atoms with van der Waals surface area (Å²) in [6, 6.07) is 15.4. The number of hydrogen-bond acceptors (Lipinski definition) is 4. The molecule has 0 fully saturated rings. The van der Waals surface area contributed by atoms with Gasteiger partial charge in [-0.25, -0.2) is 4.79 Å². The Morgan fingerprint density at radius 1 is 1.05 bits per heavy atom. The second kappa shape index (κ2) is 15.1. The zero-order valence-electron chi connectivity index (χ0n) is 24.3. The number of hydrogen-bond donors (Lipinski definition) is 2. The second-order valence-electron chi connectivity index (χ2n) is 10.9. The van der Waals surface area contributed by atoms with Crippen molar-refractivity contribution in [3.8, 4) is 0 Å². The molecule has 2 aromatic carbocycles. The van der Waals surface area contributed by atoms with Gasteiger partial charge in [-0.1, -0.05) is 94.8 Å². The number of benzene rings is 2. The third-order valence-electron chi connectivity index (χ3n) is 6.52. The predicted molar refractivity (Wildman–Crippen MR) is 157 cm³/mol. The quantitative estimate of drug-likeness (QED) is 0.317. The van der Waals surface area contributed by atoms with Crippen LogP contribution in [-0.4, -0.2) is 41.0 Å². The maximum absolute atomic E-state index is 14.3. The van der Waals surface area contributed by atoms with Crippen LogP contribution in [0.3, 0.4) is 0 Å². The summed E-state index contributed by atoms with van der Waals surface area (Å²) in [5.74, 6) is -0.779. The first-order valence-electron chi connectivity index (χ1n) is 13.8. The molecule has 7 nitrogen and oxygen atoms in total. The number of alkyl carbamates (subject to hydrolysis) is 1. The number of rotatable bonds is 13. The van der Waals surface area contributed by atoms with Gasteiger partial charge in [0.2, 0.25) is 11.8 Å². The molecule has 3 amide bonds. The molecule has 7 heteroatoms. The van der Waals surface area contributed by atoms with Gasteiger partial charge in [-0.05, 0) is 55.9 Å². The smallest absolute Gasteiger partial charge is 0.408 e. The van der Waals surface area contributed by atoms with Crippen molar-refractivity contribution in [3.63, 3.8) is 0 Å². The van der Waals surface area contributed by atoms with Crippen molar-refractivity contribution in [2.45, 2.75) is 85.0 Å². The standard InChI is InChI=1S/C32H45N3O4/c1-8-11-20-35(30(37)27(23(4)9-2)34-31(38)39-32(5,6)7)28(26-19-15-18-24(10-3)21-26)29(36)33-22-25-16-13-12-14-17-25/h10,12-19,21,23,27-28H,3,8-9,11,20,22H2,1-2,4-7H3,(H,33,36)(H,34,38). The van der Waals surface area contributed by atoms with Crippen LogP contribution in [0.25, 0.3) is 6.08 Å². The maximum Gasteiger partial charge on any atom is 0.408 e. The van der Waals surface area contributed by atoms with Gasteiger partial charge in [0.15, 0.2) is 0 Å². The lowest BCUT2D eigenvalue weighted by Crippen LogP contribution is -2.55. The average molecular weight is 536 g/mol. The van der Waals surface area contributed by atoms with Crippen LogP contribution in [0.1, 0.15) is 83.5 Å². The third kappa shape index (κ3) is 9.89. The summed E-state index contributed by atoms with van der Waals surface area (Å²) in [4.78, 5) is 42.5. The van der Waals surface area contributed by atoms with Gasteiger partial charge in [0.25, 0.3) is 0 Å². The molecule has 3 atom stereocenters. The topological polar surface area (TPSA) is 87.7 Å². The van der Waals surface area contributed by atoms with Gasteiger partial charge in [-0.3, -0.25) is 9.59 Å². The summed E-state index contributed by atoms with van der Waals surface area (Å²) >= 11 is 0. The lowest BCUT2D eigenvalue weighted by molar-refractivity contribution is -0.143. The molecule has 2 rings (SSSR count). The first-order valence-corrected chi connectivity index (χ1v) is 13.8. The lowest BCUT2D eigenvalue weighted by Gasteiger charge is -2.36. The minimum atomic E-state index is -0.889. The van der Waals surface area contributed by atoms with E-state index in [0.29, 0.717) is 31.5 Å². The molecule has 0 aliphatic rings. The van der Waals surface area contributed by atoms with Crippen LogP contribution in [0, 0.1) is 5.92 Å². The Hall–Kier alpha value is -3.61. The molecule has 0 aliphatic heterocycles. The maximum atomic E-state index is 14.3. The molecule has 39 heavy (non-hydrogen) atoms. The highest BCUT2D eigenvalue weighted by Gasteiger charge is 2.37. The molecule has 3 unspecified atom stereocenters. The first-order chi connectivity index (χ1) is 18.5. The Balaban J connectivity index is 2.51. The molecule has 212 valence electrons. The van der Waals surface area contributed by atoms with E-state index in [1.54, 1.807) is 31.7 Å². The van der Waals surface area contributed by atoms with Crippen LogP contribution < -0.4 is 10.6 Å². The van der Waals surface area contributed by atoms with E-state index in [-0.39, 0.29) is 17.7 Å². The predicted octanol–water partition coefficient (Wildman–Crippen LogP) is 6.26. The normalized spacial score (nSPS) is 13.5. The van der Waals surface area contributed by atoms with Crippen LogP contribution in [-0.2, 0) is 20.9 Å². The van der Waals surface area contributed by atoms with E-state index in [1.807, 2.05) is 75.4 Å². The molecule has 0 aliphatic carbocycles. The van der Waals surface area contributed by atoms with Crippen molar-refractivity contribution >= 4 is 24.0 Å². The van der Waals surface area contributed by atoms with E-state index in [4.69, 9.17) is 4.74 Å². The fourth-order valence-corrected chi connectivity index (χ4v) is 4.20. The third-order valence-corrected chi connectivity index (χ3v) is 6.52. The number of ether oxygens (including phenoxy) is 1. The van der Waals surface area contributed by atoms with Gasteiger partial charge >= 0.3 is 6.09 Å². The number of unbranched alkanes of at least 4 members (excludes halogenated alkanes) is 1. The fourth-order valence-electron chi connectivity index (χ4n) is 4.20.